The molecule has 0 saturated heterocycles. The highest BCUT2D eigenvalue weighted by atomic mass is 16.1. The molecule has 0 bridgehead atoms. The van der Waals surface area contributed by atoms with Crippen molar-refractivity contribution >= 4 is 17.5 Å². The standard InChI is InChI=1S/C10H9N5O/c11-8-5-7(1-2-13-8)10(16)15-9-6-12-3-4-14-9/h1-6H,(H2,11,13)(H,14,15,16). The SMILES string of the molecule is Nc1cc(C(=O)Nc2cnccn2)ccn1. The highest BCUT2D eigenvalue weighted by molar-refractivity contribution is 6.03. The largest absolute Gasteiger partial charge is 0.384 e. The Balaban J connectivity index is 2.15. The van der Waals surface area contributed by atoms with E-state index in [4.69, 9.17) is 5.73 Å². The molecule has 0 spiro atoms. The molecule has 0 aliphatic heterocycles. The average Bonchev–Trinajstić information content (AvgIpc) is 2.30. The van der Waals surface area contributed by atoms with Crippen molar-refractivity contribution in [3.8, 4) is 0 Å². The maximum atomic E-state index is 11.7. The van der Waals surface area contributed by atoms with Crippen molar-refractivity contribution in [2.75, 3.05) is 11.1 Å². The van der Waals surface area contributed by atoms with Crippen LogP contribution >= 0.6 is 0 Å². The van der Waals surface area contributed by atoms with Crippen molar-refractivity contribution in [3.05, 3.63) is 42.5 Å². The number of hydrogen-bond donors (Lipinski definition) is 2. The molecular formula is C10H9N5O. The van der Waals surface area contributed by atoms with Crippen molar-refractivity contribution in [2.45, 2.75) is 0 Å². The van der Waals surface area contributed by atoms with Gasteiger partial charge in [-0.1, -0.05) is 0 Å². The summed E-state index contributed by atoms with van der Waals surface area (Å²) in [5, 5.41) is 2.59. The van der Waals surface area contributed by atoms with Crippen LogP contribution in [-0.4, -0.2) is 20.9 Å². The highest BCUT2D eigenvalue weighted by Gasteiger charge is 2.06. The molecule has 6 nitrogen and oxygen atoms in total. The van der Waals surface area contributed by atoms with Crippen molar-refractivity contribution in [1.29, 1.82) is 0 Å². The first kappa shape index (κ1) is 10.0. The average molecular weight is 215 g/mol. The van der Waals surface area contributed by atoms with Gasteiger partial charge in [-0.15, -0.1) is 0 Å². The molecule has 0 aliphatic rings. The van der Waals surface area contributed by atoms with Gasteiger partial charge < -0.3 is 11.1 Å². The summed E-state index contributed by atoms with van der Waals surface area (Å²) < 4.78 is 0. The minimum Gasteiger partial charge on any atom is -0.384 e. The lowest BCUT2D eigenvalue weighted by Crippen LogP contribution is -2.13. The molecule has 0 saturated carbocycles. The van der Waals surface area contributed by atoms with Gasteiger partial charge in [0.15, 0.2) is 5.82 Å². The molecule has 0 atom stereocenters. The summed E-state index contributed by atoms with van der Waals surface area (Å²) in [6.07, 6.45) is 5.96. The van der Waals surface area contributed by atoms with Crippen LogP contribution in [0.3, 0.4) is 0 Å². The fourth-order valence-electron chi connectivity index (χ4n) is 1.14. The van der Waals surface area contributed by atoms with E-state index in [9.17, 15) is 4.79 Å². The number of carbonyl (C=O) groups excluding carboxylic acids is 1. The predicted molar refractivity (Wildman–Crippen MR) is 58.6 cm³/mol. The van der Waals surface area contributed by atoms with Gasteiger partial charge in [0.1, 0.15) is 5.82 Å². The maximum absolute atomic E-state index is 11.7. The third-order valence-electron chi connectivity index (χ3n) is 1.85. The van der Waals surface area contributed by atoms with E-state index in [-0.39, 0.29) is 5.91 Å². The van der Waals surface area contributed by atoms with Crippen LogP contribution in [0.4, 0.5) is 11.6 Å². The van der Waals surface area contributed by atoms with Crippen LogP contribution in [-0.2, 0) is 0 Å². The van der Waals surface area contributed by atoms with Crippen molar-refractivity contribution in [3.63, 3.8) is 0 Å². The van der Waals surface area contributed by atoms with E-state index in [2.05, 4.69) is 20.3 Å². The molecule has 0 aliphatic carbocycles. The second-order valence-corrected chi connectivity index (χ2v) is 3.01. The summed E-state index contributed by atoms with van der Waals surface area (Å²) in [4.78, 5) is 23.3. The fourth-order valence-corrected chi connectivity index (χ4v) is 1.14. The number of anilines is 2. The zero-order valence-electron chi connectivity index (χ0n) is 8.29. The van der Waals surface area contributed by atoms with E-state index in [1.165, 1.54) is 30.9 Å². The summed E-state index contributed by atoms with van der Waals surface area (Å²) in [5.41, 5.74) is 5.90. The number of nitrogen functional groups attached to an aromatic ring is 1. The zero-order chi connectivity index (χ0) is 11.4. The van der Waals surface area contributed by atoms with Crippen LogP contribution in [0.5, 0.6) is 0 Å². The lowest BCUT2D eigenvalue weighted by Gasteiger charge is -2.03. The molecule has 2 rings (SSSR count). The second-order valence-electron chi connectivity index (χ2n) is 3.01. The van der Waals surface area contributed by atoms with Crippen molar-refractivity contribution in [2.24, 2.45) is 0 Å². The van der Waals surface area contributed by atoms with Gasteiger partial charge in [-0.25, -0.2) is 9.97 Å². The first-order chi connectivity index (χ1) is 7.75. The van der Waals surface area contributed by atoms with E-state index in [1.54, 1.807) is 6.07 Å². The number of rotatable bonds is 2. The molecular weight excluding hydrogens is 206 g/mol. The Labute approximate surface area is 91.6 Å². The van der Waals surface area contributed by atoms with Crippen molar-refractivity contribution < 1.29 is 4.79 Å². The molecule has 0 radical (unpaired) electrons. The summed E-state index contributed by atoms with van der Waals surface area (Å²) in [6, 6.07) is 3.06. The molecule has 2 heterocycles. The second kappa shape index (κ2) is 4.35. The molecule has 6 heteroatoms. The van der Waals surface area contributed by atoms with Gasteiger partial charge in [0.2, 0.25) is 0 Å². The van der Waals surface area contributed by atoms with Gasteiger partial charge in [0, 0.05) is 24.2 Å². The molecule has 16 heavy (non-hydrogen) atoms. The molecule has 0 aromatic carbocycles. The Morgan fingerprint density at radius 3 is 2.81 bits per heavy atom. The summed E-state index contributed by atoms with van der Waals surface area (Å²) in [6.45, 7) is 0. The number of carbonyl (C=O) groups is 1. The van der Waals surface area contributed by atoms with Crippen LogP contribution in [0.15, 0.2) is 36.9 Å². The molecule has 1 amide bonds. The smallest absolute Gasteiger partial charge is 0.257 e. The first-order valence-corrected chi connectivity index (χ1v) is 4.54. The third-order valence-corrected chi connectivity index (χ3v) is 1.85. The Kier molecular flexibility index (Phi) is 2.73. The Morgan fingerprint density at radius 1 is 1.25 bits per heavy atom. The third kappa shape index (κ3) is 2.30. The van der Waals surface area contributed by atoms with Gasteiger partial charge in [-0.05, 0) is 12.1 Å². The minimum absolute atomic E-state index is 0.297. The number of nitrogens with one attached hydrogen (secondary N) is 1. The lowest BCUT2D eigenvalue weighted by molar-refractivity contribution is 0.102. The maximum Gasteiger partial charge on any atom is 0.257 e. The molecule has 3 N–H and O–H groups in total. The van der Waals surface area contributed by atoms with Gasteiger partial charge in [0.25, 0.3) is 5.91 Å². The van der Waals surface area contributed by atoms with Gasteiger partial charge in [-0.3, -0.25) is 9.78 Å². The normalized spacial score (nSPS) is 9.75. The quantitative estimate of drug-likeness (QED) is 0.769. The fraction of sp³-hybridized carbons (Fsp3) is 0. The number of aromatic nitrogens is 3. The minimum atomic E-state index is -0.297. The lowest BCUT2D eigenvalue weighted by atomic mass is 10.2. The van der Waals surface area contributed by atoms with Crippen LogP contribution in [0.1, 0.15) is 10.4 Å². The number of nitrogens with two attached hydrogens (primary N) is 1. The van der Waals surface area contributed by atoms with Crippen molar-refractivity contribution in [1.82, 2.24) is 15.0 Å². The monoisotopic (exact) mass is 215 g/mol. The first-order valence-electron chi connectivity index (χ1n) is 4.54. The zero-order valence-corrected chi connectivity index (χ0v) is 8.29. The number of amides is 1. The number of pyridine rings is 1. The van der Waals surface area contributed by atoms with E-state index in [0.717, 1.165) is 0 Å². The van der Waals surface area contributed by atoms with E-state index in [0.29, 0.717) is 17.2 Å². The Morgan fingerprint density at radius 2 is 2.12 bits per heavy atom. The molecule has 0 fully saturated rings. The summed E-state index contributed by atoms with van der Waals surface area (Å²) in [5.74, 6) is 0.393. The molecule has 2 aromatic heterocycles. The van der Waals surface area contributed by atoms with E-state index >= 15 is 0 Å². The van der Waals surface area contributed by atoms with Gasteiger partial charge >= 0.3 is 0 Å². The summed E-state index contributed by atoms with van der Waals surface area (Å²) >= 11 is 0. The van der Waals surface area contributed by atoms with E-state index < -0.39 is 0 Å². The summed E-state index contributed by atoms with van der Waals surface area (Å²) in [7, 11) is 0. The highest BCUT2D eigenvalue weighted by Crippen LogP contribution is 2.06. The molecule has 0 unspecified atom stereocenters. The van der Waals surface area contributed by atoms with Crippen LogP contribution < -0.4 is 11.1 Å². The number of nitrogens with zero attached hydrogens (tertiary/aromatic N) is 3. The van der Waals surface area contributed by atoms with Crippen LogP contribution in [0.2, 0.25) is 0 Å². The topological polar surface area (TPSA) is 93.8 Å². The van der Waals surface area contributed by atoms with Gasteiger partial charge in [-0.2, -0.15) is 0 Å². The predicted octanol–water partition coefficient (Wildman–Crippen LogP) is 0.706. The Hall–Kier alpha value is -2.50. The van der Waals surface area contributed by atoms with Crippen LogP contribution in [0, 0.1) is 0 Å². The van der Waals surface area contributed by atoms with E-state index in [1.807, 2.05) is 0 Å². The Bertz CT molecular complexity index is 500. The van der Waals surface area contributed by atoms with Crippen LogP contribution in [0.25, 0.3) is 0 Å². The number of hydrogen-bond acceptors (Lipinski definition) is 5. The molecule has 2 aromatic rings. The van der Waals surface area contributed by atoms with Gasteiger partial charge in [0.05, 0.1) is 6.20 Å². The molecule has 80 valence electrons.